The normalized spacial score (nSPS) is 17.4. The quantitative estimate of drug-likeness (QED) is 0.501. The molecule has 1 aliphatic rings. The third-order valence-corrected chi connectivity index (χ3v) is 2.79. The first-order chi connectivity index (χ1) is 9.45. The van der Waals surface area contributed by atoms with Gasteiger partial charge in [-0.25, -0.2) is 9.59 Å². The molecule has 3 amide bonds. The Balaban J connectivity index is 2.04. The van der Waals surface area contributed by atoms with Crippen LogP contribution in [0.3, 0.4) is 0 Å². The first-order valence-corrected chi connectivity index (χ1v) is 5.86. The van der Waals surface area contributed by atoms with Gasteiger partial charge in [0.2, 0.25) is 5.91 Å². The summed E-state index contributed by atoms with van der Waals surface area (Å²) in [6.07, 6.45) is 0.189. The number of carboxylic acids is 1. The van der Waals surface area contributed by atoms with Gasteiger partial charge in [0.25, 0.3) is 0 Å². The van der Waals surface area contributed by atoms with Gasteiger partial charge in [0.1, 0.15) is 5.75 Å². The number of phenols is 1. The predicted octanol–water partition coefficient (Wildman–Crippen LogP) is 0.100. The van der Waals surface area contributed by atoms with E-state index in [4.69, 9.17) is 5.11 Å². The van der Waals surface area contributed by atoms with E-state index in [0.717, 1.165) is 6.07 Å². The molecule has 1 heterocycles. The van der Waals surface area contributed by atoms with Crippen LogP contribution >= 0.6 is 0 Å². The minimum absolute atomic E-state index is 0.0603. The Hall–Kier alpha value is -2.77. The fraction of sp³-hybridized carbons (Fsp3) is 0.250. The topological polar surface area (TPSA) is 128 Å². The molecule has 1 atom stereocenters. The largest absolute Gasteiger partial charge is 0.508 e. The van der Waals surface area contributed by atoms with Gasteiger partial charge < -0.3 is 26.2 Å². The van der Waals surface area contributed by atoms with Gasteiger partial charge in [-0.05, 0) is 18.2 Å². The van der Waals surface area contributed by atoms with Crippen LogP contribution in [0.15, 0.2) is 18.2 Å². The highest BCUT2D eigenvalue weighted by Gasteiger charge is 2.23. The number of carbonyl (C=O) groups is 3. The lowest BCUT2D eigenvalue weighted by Crippen LogP contribution is -2.39. The van der Waals surface area contributed by atoms with Gasteiger partial charge in [-0.2, -0.15) is 0 Å². The predicted molar refractivity (Wildman–Crippen MR) is 68.6 cm³/mol. The van der Waals surface area contributed by atoms with Crippen molar-refractivity contribution in [1.82, 2.24) is 10.6 Å². The highest BCUT2D eigenvalue weighted by Crippen LogP contribution is 2.21. The number of carbonyl (C=O) groups excluding carboxylic acids is 2. The summed E-state index contributed by atoms with van der Waals surface area (Å²) in [6.45, 7) is 0.341. The van der Waals surface area contributed by atoms with Crippen molar-refractivity contribution in [3.8, 4) is 5.75 Å². The maximum Gasteiger partial charge on any atom is 0.337 e. The minimum atomic E-state index is -1.27. The molecule has 1 aromatic carbocycles. The van der Waals surface area contributed by atoms with E-state index < -0.39 is 12.0 Å². The fourth-order valence-corrected chi connectivity index (χ4v) is 1.87. The molecule has 0 saturated carbocycles. The Morgan fingerprint density at radius 1 is 1.35 bits per heavy atom. The number of hydrogen-bond acceptors (Lipinski definition) is 4. The van der Waals surface area contributed by atoms with E-state index >= 15 is 0 Å². The number of aromatic carboxylic acids is 1. The van der Waals surface area contributed by atoms with Gasteiger partial charge in [-0.1, -0.05) is 0 Å². The van der Waals surface area contributed by atoms with Crippen molar-refractivity contribution >= 4 is 23.6 Å². The number of rotatable bonds is 3. The number of benzene rings is 1. The summed E-state index contributed by atoms with van der Waals surface area (Å²) in [7, 11) is 0. The Morgan fingerprint density at radius 3 is 2.70 bits per heavy atom. The molecule has 106 valence electrons. The van der Waals surface area contributed by atoms with Crippen LogP contribution in [-0.4, -0.2) is 40.7 Å². The molecule has 1 unspecified atom stereocenters. The molecule has 0 spiro atoms. The molecule has 1 aliphatic heterocycles. The first-order valence-electron chi connectivity index (χ1n) is 5.86. The molecule has 1 saturated heterocycles. The Labute approximate surface area is 113 Å². The highest BCUT2D eigenvalue weighted by atomic mass is 16.4. The van der Waals surface area contributed by atoms with Gasteiger partial charge in [0.05, 0.1) is 17.3 Å². The standard InChI is InChI=1S/C12H13N3O5/c16-7-1-2-9(8(4-7)11(18)19)15-12(20)14-6-3-10(17)13-5-6/h1-2,4,6,16H,3,5H2,(H,13,17)(H,18,19)(H2,14,15,20). The van der Waals surface area contributed by atoms with Crippen molar-refractivity contribution in [3.63, 3.8) is 0 Å². The minimum Gasteiger partial charge on any atom is -0.508 e. The molecule has 0 aromatic heterocycles. The number of carboxylic acid groups (broad SMARTS) is 1. The zero-order valence-electron chi connectivity index (χ0n) is 10.3. The Morgan fingerprint density at radius 2 is 2.10 bits per heavy atom. The van der Waals surface area contributed by atoms with Crippen molar-refractivity contribution in [1.29, 1.82) is 0 Å². The van der Waals surface area contributed by atoms with Crippen LogP contribution in [0.4, 0.5) is 10.5 Å². The zero-order chi connectivity index (χ0) is 14.7. The molecule has 1 fully saturated rings. The fourth-order valence-electron chi connectivity index (χ4n) is 1.87. The summed E-state index contributed by atoms with van der Waals surface area (Å²) < 4.78 is 0. The van der Waals surface area contributed by atoms with Gasteiger partial charge in [-0.3, -0.25) is 4.79 Å². The number of amides is 3. The van der Waals surface area contributed by atoms with E-state index in [2.05, 4.69) is 16.0 Å². The van der Waals surface area contributed by atoms with E-state index in [1.54, 1.807) is 0 Å². The van der Waals surface area contributed by atoms with E-state index in [9.17, 15) is 19.5 Å². The first kappa shape index (κ1) is 13.7. The summed E-state index contributed by atoms with van der Waals surface area (Å²) in [5.41, 5.74) is -0.161. The smallest absolute Gasteiger partial charge is 0.337 e. The summed E-state index contributed by atoms with van der Waals surface area (Å²) in [4.78, 5) is 33.7. The Bertz CT molecular complexity index is 572. The highest BCUT2D eigenvalue weighted by molar-refractivity contribution is 6.00. The lowest BCUT2D eigenvalue weighted by atomic mass is 10.1. The number of anilines is 1. The molecule has 0 radical (unpaired) electrons. The second kappa shape index (κ2) is 5.47. The number of phenolic OH excluding ortho intramolecular Hbond substituents is 1. The van der Waals surface area contributed by atoms with Crippen molar-refractivity contribution in [2.24, 2.45) is 0 Å². The average Bonchev–Trinajstić information content (AvgIpc) is 2.76. The number of nitrogens with one attached hydrogen (secondary N) is 3. The van der Waals surface area contributed by atoms with Crippen LogP contribution in [0, 0.1) is 0 Å². The monoisotopic (exact) mass is 279 g/mol. The SMILES string of the molecule is O=C1CC(NC(=O)Nc2ccc(O)cc2C(=O)O)CN1. The van der Waals surface area contributed by atoms with Gasteiger partial charge in [-0.15, -0.1) is 0 Å². The van der Waals surface area contributed by atoms with Crippen molar-refractivity contribution in [2.45, 2.75) is 12.5 Å². The van der Waals surface area contributed by atoms with Crippen molar-refractivity contribution in [2.75, 3.05) is 11.9 Å². The molecule has 0 bridgehead atoms. The summed E-state index contributed by atoms with van der Waals surface area (Å²) in [5.74, 6) is -1.63. The Kier molecular flexibility index (Phi) is 3.74. The van der Waals surface area contributed by atoms with Crippen LogP contribution in [0.5, 0.6) is 5.75 Å². The van der Waals surface area contributed by atoms with E-state index in [1.807, 2.05) is 0 Å². The maximum atomic E-state index is 11.7. The zero-order valence-corrected chi connectivity index (χ0v) is 10.3. The number of urea groups is 1. The van der Waals surface area contributed by atoms with E-state index in [0.29, 0.717) is 6.54 Å². The molecular formula is C12H13N3O5. The lowest BCUT2D eigenvalue weighted by Gasteiger charge is -2.13. The van der Waals surface area contributed by atoms with Crippen LogP contribution in [-0.2, 0) is 4.79 Å². The maximum absolute atomic E-state index is 11.7. The van der Waals surface area contributed by atoms with Gasteiger partial charge in [0, 0.05) is 13.0 Å². The lowest BCUT2D eigenvalue weighted by molar-refractivity contribution is -0.119. The molecule has 2 rings (SSSR count). The van der Waals surface area contributed by atoms with Crippen molar-refractivity contribution < 1.29 is 24.6 Å². The second-order valence-corrected chi connectivity index (χ2v) is 4.34. The van der Waals surface area contributed by atoms with Crippen molar-refractivity contribution in [3.05, 3.63) is 23.8 Å². The van der Waals surface area contributed by atoms with Crippen LogP contribution in [0.2, 0.25) is 0 Å². The summed E-state index contributed by atoms with van der Waals surface area (Å²) >= 11 is 0. The molecule has 5 N–H and O–H groups in total. The van der Waals surface area contributed by atoms with Gasteiger partial charge >= 0.3 is 12.0 Å². The van der Waals surface area contributed by atoms with Crippen LogP contribution in [0.25, 0.3) is 0 Å². The van der Waals surface area contributed by atoms with E-state index in [-0.39, 0.29) is 35.4 Å². The van der Waals surface area contributed by atoms with Gasteiger partial charge in [0.15, 0.2) is 0 Å². The third kappa shape index (κ3) is 3.16. The summed E-state index contributed by atoms with van der Waals surface area (Å²) in [6, 6.07) is 2.66. The average molecular weight is 279 g/mol. The molecule has 8 heteroatoms. The molecule has 0 aliphatic carbocycles. The van der Waals surface area contributed by atoms with Crippen LogP contribution in [0.1, 0.15) is 16.8 Å². The second-order valence-electron chi connectivity index (χ2n) is 4.34. The molecule has 20 heavy (non-hydrogen) atoms. The number of hydrogen-bond donors (Lipinski definition) is 5. The summed E-state index contributed by atoms with van der Waals surface area (Å²) in [5, 5.41) is 25.7. The third-order valence-electron chi connectivity index (χ3n) is 2.79. The molecular weight excluding hydrogens is 266 g/mol. The molecule has 8 nitrogen and oxygen atoms in total. The van der Waals surface area contributed by atoms with Crippen LogP contribution < -0.4 is 16.0 Å². The number of aromatic hydroxyl groups is 1. The van der Waals surface area contributed by atoms with E-state index in [1.165, 1.54) is 12.1 Å². The molecule has 1 aromatic rings.